The average molecular weight is 282 g/mol. The number of fused-ring (bicyclic) bond motifs is 1. The van der Waals surface area contributed by atoms with E-state index in [0.29, 0.717) is 23.7 Å². The van der Waals surface area contributed by atoms with Gasteiger partial charge >= 0.3 is 0 Å². The van der Waals surface area contributed by atoms with E-state index in [4.69, 9.17) is 10.5 Å². The molecule has 0 fully saturated rings. The molecule has 0 saturated carbocycles. The average Bonchev–Trinajstić information content (AvgIpc) is 2.50. The summed E-state index contributed by atoms with van der Waals surface area (Å²) in [6.07, 6.45) is 0. The lowest BCUT2D eigenvalue weighted by molar-refractivity contribution is 0.456. The Balaban J connectivity index is 2.04. The van der Waals surface area contributed by atoms with Gasteiger partial charge in [-0.1, -0.05) is 18.2 Å². The Bertz CT molecular complexity index is 802. The molecular weight excluding hydrogens is 267 g/mol. The molecule has 0 spiro atoms. The number of halogens is 1. The fraction of sp³-hybridized carbons (Fsp3) is 0.118. The van der Waals surface area contributed by atoms with E-state index in [-0.39, 0.29) is 5.82 Å². The number of benzene rings is 2. The third kappa shape index (κ3) is 2.71. The molecule has 0 unspecified atom stereocenters. The monoisotopic (exact) mass is 282 g/mol. The first-order valence-corrected chi connectivity index (χ1v) is 6.70. The zero-order valence-electron chi connectivity index (χ0n) is 11.6. The predicted octanol–water partition coefficient (Wildman–Crippen LogP) is 3.93. The summed E-state index contributed by atoms with van der Waals surface area (Å²) in [5.74, 6) is 0.751. The second-order valence-electron chi connectivity index (χ2n) is 4.86. The van der Waals surface area contributed by atoms with Crippen LogP contribution in [0.4, 0.5) is 4.39 Å². The molecule has 0 atom stereocenters. The van der Waals surface area contributed by atoms with Crippen molar-refractivity contribution in [1.29, 1.82) is 0 Å². The molecule has 3 nitrogen and oxygen atoms in total. The highest BCUT2D eigenvalue weighted by Crippen LogP contribution is 2.27. The standard InChI is InChI=1S/C17H15FN2O/c1-11-8-14(6-7-15(11)18)21-17-13(10-19)9-12-4-2-3-5-16(12)20-17/h2-9H,10,19H2,1H3. The third-order valence-corrected chi connectivity index (χ3v) is 3.33. The molecule has 2 aromatic carbocycles. The summed E-state index contributed by atoms with van der Waals surface area (Å²) < 4.78 is 19.1. The van der Waals surface area contributed by atoms with Crippen molar-refractivity contribution in [3.63, 3.8) is 0 Å². The van der Waals surface area contributed by atoms with Gasteiger partial charge in [0.1, 0.15) is 11.6 Å². The summed E-state index contributed by atoms with van der Waals surface area (Å²) in [5, 5.41) is 1.01. The fourth-order valence-corrected chi connectivity index (χ4v) is 2.17. The van der Waals surface area contributed by atoms with Crippen LogP contribution < -0.4 is 10.5 Å². The Morgan fingerprint density at radius 1 is 1.14 bits per heavy atom. The number of hydrogen-bond acceptors (Lipinski definition) is 3. The number of nitrogens with two attached hydrogens (primary N) is 1. The van der Waals surface area contributed by atoms with Crippen molar-refractivity contribution in [3.05, 3.63) is 65.5 Å². The molecule has 2 N–H and O–H groups in total. The van der Waals surface area contributed by atoms with Crippen LogP contribution in [0.3, 0.4) is 0 Å². The number of rotatable bonds is 3. The van der Waals surface area contributed by atoms with Crippen molar-refractivity contribution in [2.45, 2.75) is 13.5 Å². The van der Waals surface area contributed by atoms with E-state index >= 15 is 0 Å². The Morgan fingerprint density at radius 2 is 1.95 bits per heavy atom. The van der Waals surface area contributed by atoms with E-state index in [9.17, 15) is 4.39 Å². The van der Waals surface area contributed by atoms with Crippen LogP contribution in [0.15, 0.2) is 48.5 Å². The van der Waals surface area contributed by atoms with Crippen LogP contribution in [0, 0.1) is 12.7 Å². The molecule has 21 heavy (non-hydrogen) atoms. The van der Waals surface area contributed by atoms with E-state index < -0.39 is 0 Å². The molecule has 0 aliphatic rings. The molecule has 3 rings (SSSR count). The first kappa shape index (κ1) is 13.5. The Morgan fingerprint density at radius 3 is 2.71 bits per heavy atom. The van der Waals surface area contributed by atoms with E-state index in [1.54, 1.807) is 19.1 Å². The lowest BCUT2D eigenvalue weighted by Gasteiger charge is -2.11. The zero-order valence-corrected chi connectivity index (χ0v) is 11.6. The Hall–Kier alpha value is -2.46. The van der Waals surface area contributed by atoms with E-state index in [1.165, 1.54) is 6.07 Å². The first-order valence-electron chi connectivity index (χ1n) is 6.70. The van der Waals surface area contributed by atoms with E-state index in [2.05, 4.69) is 4.98 Å². The second kappa shape index (κ2) is 5.50. The molecule has 3 aromatic rings. The van der Waals surface area contributed by atoms with Crippen molar-refractivity contribution in [2.75, 3.05) is 0 Å². The SMILES string of the molecule is Cc1cc(Oc2nc3ccccc3cc2CN)ccc1F. The molecule has 0 aliphatic carbocycles. The third-order valence-electron chi connectivity index (χ3n) is 3.33. The highest BCUT2D eigenvalue weighted by molar-refractivity contribution is 5.80. The highest BCUT2D eigenvalue weighted by atomic mass is 19.1. The van der Waals surface area contributed by atoms with Crippen molar-refractivity contribution in [1.82, 2.24) is 4.98 Å². The summed E-state index contributed by atoms with van der Waals surface area (Å²) in [5.41, 5.74) is 7.95. The van der Waals surface area contributed by atoms with E-state index in [1.807, 2.05) is 30.3 Å². The number of hydrogen-bond donors (Lipinski definition) is 1. The number of para-hydroxylation sites is 1. The summed E-state index contributed by atoms with van der Waals surface area (Å²) in [6.45, 7) is 2.02. The molecule has 0 radical (unpaired) electrons. The van der Waals surface area contributed by atoms with Crippen molar-refractivity contribution in [3.8, 4) is 11.6 Å². The lowest BCUT2D eigenvalue weighted by Crippen LogP contribution is -2.02. The van der Waals surface area contributed by atoms with Crippen LogP contribution in [-0.2, 0) is 6.54 Å². The first-order chi connectivity index (χ1) is 10.2. The fourth-order valence-electron chi connectivity index (χ4n) is 2.17. The smallest absolute Gasteiger partial charge is 0.224 e. The normalized spacial score (nSPS) is 10.8. The minimum Gasteiger partial charge on any atom is -0.439 e. The van der Waals surface area contributed by atoms with Gasteiger partial charge in [-0.2, -0.15) is 0 Å². The van der Waals surface area contributed by atoms with Crippen molar-refractivity contribution < 1.29 is 9.13 Å². The summed E-state index contributed by atoms with van der Waals surface area (Å²) in [7, 11) is 0. The molecule has 0 aliphatic heterocycles. The minimum absolute atomic E-state index is 0.257. The van der Waals surface area contributed by atoms with Gasteiger partial charge in [0.2, 0.25) is 5.88 Å². The molecule has 0 saturated heterocycles. The molecule has 106 valence electrons. The lowest BCUT2D eigenvalue weighted by atomic mass is 10.1. The largest absolute Gasteiger partial charge is 0.439 e. The maximum Gasteiger partial charge on any atom is 0.224 e. The summed E-state index contributed by atoms with van der Waals surface area (Å²) in [6, 6.07) is 14.3. The quantitative estimate of drug-likeness (QED) is 0.791. The van der Waals surface area contributed by atoms with Gasteiger partial charge in [-0.25, -0.2) is 9.37 Å². The molecule has 0 bridgehead atoms. The maximum atomic E-state index is 13.3. The maximum absolute atomic E-state index is 13.3. The molecule has 1 heterocycles. The molecular formula is C17H15FN2O. The van der Waals surface area contributed by atoms with Gasteiger partial charge < -0.3 is 10.5 Å². The van der Waals surface area contributed by atoms with Gasteiger partial charge in [-0.3, -0.25) is 0 Å². The number of ether oxygens (including phenoxy) is 1. The van der Waals surface area contributed by atoms with Crippen LogP contribution >= 0.6 is 0 Å². The number of pyridine rings is 1. The zero-order chi connectivity index (χ0) is 14.8. The van der Waals surface area contributed by atoms with E-state index in [0.717, 1.165) is 16.5 Å². The Labute approximate surface area is 122 Å². The predicted molar refractivity (Wildman–Crippen MR) is 80.8 cm³/mol. The van der Waals surface area contributed by atoms with Gasteiger partial charge in [-0.15, -0.1) is 0 Å². The van der Waals surface area contributed by atoms with Gasteiger partial charge in [-0.05, 0) is 42.8 Å². The summed E-state index contributed by atoms with van der Waals surface area (Å²) >= 11 is 0. The molecule has 1 aromatic heterocycles. The number of aryl methyl sites for hydroxylation is 1. The number of nitrogens with zero attached hydrogens (tertiary/aromatic N) is 1. The number of aromatic nitrogens is 1. The Kier molecular flexibility index (Phi) is 3.54. The second-order valence-corrected chi connectivity index (χ2v) is 4.86. The van der Waals surface area contributed by atoms with Crippen LogP contribution in [0.2, 0.25) is 0 Å². The van der Waals surface area contributed by atoms with Gasteiger partial charge in [0.05, 0.1) is 5.52 Å². The highest BCUT2D eigenvalue weighted by Gasteiger charge is 2.09. The van der Waals surface area contributed by atoms with Crippen LogP contribution in [0.25, 0.3) is 10.9 Å². The van der Waals surface area contributed by atoms with Crippen molar-refractivity contribution >= 4 is 10.9 Å². The van der Waals surface area contributed by atoms with Crippen LogP contribution in [-0.4, -0.2) is 4.98 Å². The van der Waals surface area contributed by atoms with Gasteiger partial charge in [0.25, 0.3) is 0 Å². The minimum atomic E-state index is -0.257. The molecule has 4 heteroatoms. The van der Waals surface area contributed by atoms with Crippen LogP contribution in [0.5, 0.6) is 11.6 Å². The van der Waals surface area contributed by atoms with Gasteiger partial charge in [0, 0.05) is 17.5 Å². The van der Waals surface area contributed by atoms with Crippen LogP contribution in [0.1, 0.15) is 11.1 Å². The topological polar surface area (TPSA) is 48.1 Å². The van der Waals surface area contributed by atoms with Gasteiger partial charge in [0.15, 0.2) is 0 Å². The molecule has 0 amide bonds. The van der Waals surface area contributed by atoms with Crippen molar-refractivity contribution in [2.24, 2.45) is 5.73 Å². The summed E-state index contributed by atoms with van der Waals surface area (Å²) in [4.78, 5) is 4.50.